The van der Waals surface area contributed by atoms with Crippen LogP contribution >= 0.6 is 0 Å². The number of hydrogen-bond acceptors (Lipinski definition) is 6. The highest BCUT2D eigenvalue weighted by Gasteiger charge is 2.31. The molecule has 0 radical (unpaired) electrons. The van der Waals surface area contributed by atoms with E-state index in [9.17, 15) is 5.11 Å². The molecule has 1 saturated heterocycles. The predicted octanol–water partition coefficient (Wildman–Crippen LogP) is 2.44. The Bertz CT molecular complexity index is 946. The van der Waals surface area contributed by atoms with Gasteiger partial charge >= 0.3 is 0 Å². The van der Waals surface area contributed by atoms with Crippen LogP contribution in [-0.2, 0) is 19.6 Å². The third-order valence-electron chi connectivity index (χ3n) is 7.24. The van der Waals surface area contributed by atoms with Crippen molar-refractivity contribution in [3.05, 3.63) is 52.9 Å². The molecule has 1 N–H and O–H groups in total. The number of fused-ring (bicyclic) bond motifs is 2. The summed E-state index contributed by atoms with van der Waals surface area (Å²) in [5.41, 5.74) is 4.54. The van der Waals surface area contributed by atoms with Crippen LogP contribution in [0.2, 0.25) is 0 Å². The molecule has 31 heavy (non-hydrogen) atoms. The summed E-state index contributed by atoms with van der Waals surface area (Å²) >= 11 is 0. The van der Waals surface area contributed by atoms with E-state index in [1.165, 1.54) is 17.7 Å². The molecule has 1 unspecified atom stereocenters. The van der Waals surface area contributed by atoms with Crippen LogP contribution in [0.1, 0.15) is 59.9 Å². The fourth-order valence-electron chi connectivity index (χ4n) is 5.47. The molecule has 166 valence electrons. The monoisotopic (exact) mass is 422 g/mol. The lowest BCUT2D eigenvalue weighted by Gasteiger charge is -2.40. The summed E-state index contributed by atoms with van der Waals surface area (Å²) in [6.07, 6.45) is 10.9. The number of hydrogen-bond donors (Lipinski definition) is 1. The molecule has 1 fully saturated rings. The standard InChI is InChI=1S/C24H34N6O/c1-27-12-14-29(15-13-27)23-10-4-9-22-26-19(21(17-31)30(22)23)16-28(2)20-8-3-6-18-7-5-11-25-24(18)20/h4-5,7,9,11,20,23,31H,3,6,8,10,12-17H2,1-2H3/t20-,23?/m0/s1. The Morgan fingerprint density at radius 3 is 2.87 bits per heavy atom. The van der Waals surface area contributed by atoms with Crippen LogP contribution in [0.25, 0.3) is 6.08 Å². The van der Waals surface area contributed by atoms with Gasteiger partial charge in [0.1, 0.15) is 5.82 Å². The maximum absolute atomic E-state index is 10.4. The highest BCUT2D eigenvalue weighted by atomic mass is 16.3. The molecule has 2 aromatic heterocycles. The third kappa shape index (κ3) is 3.96. The minimum absolute atomic E-state index is 0.0216. The number of likely N-dealkylation sites (N-methyl/N-ethyl adjacent to an activating group) is 1. The smallest absolute Gasteiger partial charge is 0.134 e. The molecule has 2 aliphatic heterocycles. The van der Waals surface area contributed by atoms with Crippen molar-refractivity contribution in [2.45, 2.75) is 51.0 Å². The summed E-state index contributed by atoms with van der Waals surface area (Å²) in [5, 5.41) is 10.4. The molecule has 5 rings (SSSR count). The molecule has 2 aromatic rings. The van der Waals surface area contributed by atoms with Gasteiger partial charge in [-0.3, -0.25) is 14.8 Å². The summed E-state index contributed by atoms with van der Waals surface area (Å²) in [5.74, 6) is 0.977. The normalized spacial score (nSPS) is 24.4. The van der Waals surface area contributed by atoms with Crippen molar-refractivity contribution in [1.82, 2.24) is 29.2 Å². The first-order chi connectivity index (χ1) is 15.2. The van der Waals surface area contributed by atoms with E-state index in [1.54, 1.807) is 0 Å². The van der Waals surface area contributed by atoms with E-state index in [1.807, 2.05) is 12.3 Å². The van der Waals surface area contributed by atoms with E-state index in [-0.39, 0.29) is 12.8 Å². The molecular weight excluding hydrogens is 388 g/mol. The lowest BCUT2D eigenvalue weighted by molar-refractivity contribution is 0.0718. The van der Waals surface area contributed by atoms with Crippen LogP contribution in [0.5, 0.6) is 0 Å². The minimum atomic E-state index is 0.0216. The van der Waals surface area contributed by atoms with Crippen molar-refractivity contribution in [1.29, 1.82) is 0 Å². The zero-order chi connectivity index (χ0) is 21.4. The Hall–Kier alpha value is -2.06. The summed E-state index contributed by atoms with van der Waals surface area (Å²) in [6.45, 7) is 5.02. The summed E-state index contributed by atoms with van der Waals surface area (Å²) < 4.78 is 2.29. The van der Waals surface area contributed by atoms with Gasteiger partial charge in [-0.15, -0.1) is 0 Å². The van der Waals surface area contributed by atoms with E-state index in [4.69, 9.17) is 9.97 Å². The van der Waals surface area contributed by atoms with Gasteiger partial charge in [-0.05, 0) is 51.1 Å². The fraction of sp³-hybridized carbons (Fsp3) is 0.583. The van der Waals surface area contributed by atoms with E-state index >= 15 is 0 Å². The number of aliphatic hydroxyl groups excluding tert-OH is 1. The SMILES string of the molecule is CN1CCN(C2CC=Cc3nc(CN(C)[C@H]4CCCc5cccnc54)c(CO)n32)CC1. The van der Waals surface area contributed by atoms with Gasteiger partial charge in [-0.1, -0.05) is 12.1 Å². The zero-order valence-electron chi connectivity index (χ0n) is 18.7. The zero-order valence-corrected chi connectivity index (χ0v) is 18.7. The number of aromatic nitrogens is 3. The van der Waals surface area contributed by atoms with Crippen molar-refractivity contribution in [3.8, 4) is 0 Å². The number of nitrogens with zero attached hydrogens (tertiary/aromatic N) is 6. The Kier molecular flexibility index (Phi) is 5.93. The second-order valence-electron chi connectivity index (χ2n) is 9.22. The average Bonchev–Trinajstić information content (AvgIpc) is 3.16. The maximum atomic E-state index is 10.4. The molecule has 0 aromatic carbocycles. The molecule has 1 aliphatic carbocycles. The van der Waals surface area contributed by atoms with Crippen LogP contribution in [-0.4, -0.2) is 74.6 Å². The summed E-state index contributed by atoms with van der Waals surface area (Å²) in [4.78, 5) is 17.0. The van der Waals surface area contributed by atoms with Gasteiger partial charge in [0.15, 0.2) is 0 Å². The van der Waals surface area contributed by atoms with Crippen LogP contribution in [0.3, 0.4) is 0 Å². The molecular formula is C24H34N6O. The van der Waals surface area contributed by atoms with Crippen LogP contribution in [0.15, 0.2) is 24.4 Å². The predicted molar refractivity (Wildman–Crippen MR) is 121 cm³/mol. The Morgan fingerprint density at radius 2 is 2.06 bits per heavy atom. The third-order valence-corrected chi connectivity index (χ3v) is 7.24. The van der Waals surface area contributed by atoms with Gasteiger partial charge in [0.25, 0.3) is 0 Å². The number of rotatable bonds is 5. The molecule has 0 amide bonds. The molecule has 0 saturated carbocycles. The largest absolute Gasteiger partial charge is 0.390 e. The second kappa shape index (κ2) is 8.82. The van der Waals surface area contributed by atoms with Crippen molar-refractivity contribution < 1.29 is 5.11 Å². The van der Waals surface area contributed by atoms with Gasteiger partial charge in [0.05, 0.1) is 35.9 Å². The van der Waals surface area contributed by atoms with Crippen molar-refractivity contribution in [3.63, 3.8) is 0 Å². The summed E-state index contributed by atoms with van der Waals surface area (Å²) in [6, 6.07) is 4.56. The molecule has 4 heterocycles. The molecule has 0 spiro atoms. The molecule has 2 atom stereocenters. The number of imidazole rings is 1. The first kappa shape index (κ1) is 20.8. The average molecular weight is 423 g/mol. The Balaban J connectivity index is 1.41. The van der Waals surface area contributed by atoms with Crippen LogP contribution in [0.4, 0.5) is 0 Å². The molecule has 7 heteroatoms. The van der Waals surface area contributed by atoms with Crippen molar-refractivity contribution in [2.75, 3.05) is 40.3 Å². The summed E-state index contributed by atoms with van der Waals surface area (Å²) in [7, 11) is 4.36. The lowest BCUT2D eigenvalue weighted by atomic mass is 9.91. The van der Waals surface area contributed by atoms with E-state index in [0.717, 1.165) is 69.2 Å². The quantitative estimate of drug-likeness (QED) is 0.799. The molecule has 0 bridgehead atoms. The number of piperazine rings is 1. The van der Waals surface area contributed by atoms with Gasteiger partial charge in [0, 0.05) is 45.3 Å². The lowest BCUT2D eigenvalue weighted by Crippen LogP contribution is -2.48. The van der Waals surface area contributed by atoms with E-state index in [0.29, 0.717) is 6.04 Å². The molecule has 7 nitrogen and oxygen atoms in total. The van der Waals surface area contributed by atoms with E-state index in [2.05, 4.69) is 51.6 Å². The topological polar surface area (TPSA) is 60.7 Å². The van der Waals surface area contributed by atoms with Gasteiger partial charge < -0.3 is 14.6 Å². The first-order valence-electron chi connectivity index (χ1n) is 11.6. The fourth-order valence-corrected chi connectivity index (χ4v) is 5.47. The van der Waals surface area contributed by atoms with Crippen molar-refractivity contribution in [2.24, 2.45) is 0 Å². The number of aliphatic hydroxyl groups is 1. The highest BCUT2D eigenvalue weighted by molar-refractivity contribution is 5.45. The Labute approximate surface area is 185 Å². The van der Waals surface area contributed by atoms with Gasteiger partial charge in [-0.25, -0.2) is 4.98 Å². The maximum Gasteiger partial charge on any atom is 0.134 e. The molecule has 3 aliphatic rings. The first-order valence-corrected chi connectivity index (χ1v) is 11.6. The number of pyridine rings is 1. The van der Waals surface area contributed by atoms with Crippen LogP contribution in [0, 0.1) is 0 Å². The van der Waals surface area contributed by atoms with Gasteiger partial charge in [0.2, 0.25) is 0 Å². The number of aryl methyl sites for hydroxylation is 1. The van der Waals surface area contributed by atoms with Crippen molar-refractivity contribution >= 4 is 6.08 Å². The highest BCUT2D eigenvalue weighted by Crippen LogP contribution is 2.34. The van der Waals surface area contributed by atoms with E-state index < -0.39 is 0 Å². The Morgan fingerprint density at radius 1 is 1.23 bits per heavy atom. The van der Waals surface area contributed by atoms with Crippen LogP contribution < -0.4 is 0 Å². The van der Waals surface area contributed by atoms with Gasteiger partial charge in [-0.2, -0.15) is 0 Å². The minimum Gasteiger partial charge on any atom is -0.390 e. The second-order valence-corrected chi connectivity index (χ2v) is 9.22.